The summed E-state index contributed by atoms with van der Waals surface area (Å²) < 4.78 is 20.4. The average Bonchev–Trinajstić information content (AvgIpc) is 3.40. The second-order valence-corrected chi connectivity index (χ2v) is 14.1. The Balaban J connectivity index is 1.42. The van der Waals surface area contributed by atoms with Gasteiger partial charge in [-0.15, -0.1) is 0 Å². The largest absolute Gasteiger partial charge is 0.493 e. The summed E-state index contributed by atoms with van der Waals surface area (Å²) in [6.45, 7) is 8.69. The third kappa shape index (κ3) is 7.00. The van der Waals surface area contributed by atoms with Gasteiger partial charge in [-0.2, -0.15) is 0 Å². The van der Waals surface area contributed by atoms with Crippen LogP contribution in [0.5, 0.6) is 11.5 Å². The number of allylic oxidation sites excluding steroid dienone is 1. The number of thiazole rings is 1. The molecule has 0 saturated carbocycles. The highest BCUT2D eigenvalue weighted by Gasteiger charge is 2.34. The van der Waals surface area contributed by atoms with Crippen LogP contribution in [0.3, 0.4) is 0 Å². The molecule has 2 heterocycles. The maximum Gasteiger partial charge on any atom is 0.338 e. The van der Waals surface area contributed by atoms with E-state index in [1.165, 1.54) is 16.9 Å². The van der Waals surface area contributed by atoms with Gasteiger partial charge in [0.1, 0.15) is 6.61 Å². The molecular weight excluding hydrogens is 700 g/mol. The van der Waals surface area contributed by atoms with Gasteiger partial charge in [0.25, 0.3) is 5.56 Å². The first-order valence-corrected chi connectivity index (χ1v) is 18.1. The van der Waals surface area contributed by atoms with Crippen LogP contribution in [-0.4, -0.2) is 24.3 Å². The van der Waals surface area contributed by atoms with Gasteiger partial charge in [-0.25, -0.2) is 9.79 Å². The summed E-state index contributed by atoms with van der Waals surface area (Å²) in [7, 11) is 1.60. The average molecular weight is 740 g/mol. The molecule has 1 aliphatic rings. The quantitative estimate of drug-likeness (QED) is 0.128. The van der Waals surface area contributed by atoms with E-state index >= 15 is 0 Å². The molecule has 7 nitrogen and oxygen atoms in total. The smallest absolute Gasteiger partial charge is 0.338 e. The number of hydrogen-bond acceptors (Lipinski definition) is 7. The molecule has 5 aromatic rings. The summed E-state index contributed by atoms with van der Waals surface area (Å²) in [5, 5.41) is 2.28. The number of fused-ring (bicyclic) bond motifs is 2. The number of rotatable bonds is 11. The number of aromatic nitrogens is 1. The Hall–Kier alpha value is -4.47. The van der Waals surface area contributed by atoms with Crippen LogP contribution in [0.15, 0.2) is 104 Å². The van der Waals surface area contributed by atoms with Gasteiger partial charge in [-0.3, -0.25) is 9.36 Å². The van der Waals surface area contributed by atoms with Gasteiger partial charge in [-0.05, 0) is 86.4 Å². The molecule has 1 aromatic heterocycles. The predicted octanol–water partition coefficient (Wildman–Crippen LogP) is 8.21. The first kappa shape index (κ1) is 34.4. The normalized spacial score (nSPS) is 14.6. The fraction of sp³-hybridized carbons (Fsp3) is 0.275. The lowest BCUT2D eigenvalue weighted by molar-refractivity contribution is -0.139. The topological polar surface area (TPSA) is 79.1 Å². The molecule has 1 aliphatic heterocycles. The van der Waals surface area contributed by atoms with Crippen LogP contribution in [-0.2, 0) is 16.1 Å². The summed E-state index contributed by atoms with van der Waals surface area (Å²) in [6, 6.07) is 25.6. The molecule has 0 spiro atoms. The first-order chi connectivity index (χ1) is 23.7. The van der Waals surface area contributed by atoms with Crippen LogP contribution in [0.4, 0.5) is 0 Å². The second kappa shape index (κ2) is 15.0. The number of carbonyl (C=O) groups is 1. The zero-order valence-corrected chi connectivity index (χ0v) is 30.7. The van der Waals surface area contributed by atoms with Gasteiger partial charge in [0, 0.05) is 0 Å². The number of nitrogens with zero attached hydrogens (tertiary/aromatic N) is 2. The molecule has 49 heavy (non-hydrogen) atoms. The van der Waals surface area contributed by atoms with Crippen LogP contribution in [0.2, 0.25) is 0 Å². The number of carbonyl (C=O) groups excluding carboxylic acids is 1. The highest BCUT2D eigenvalue weighted by Crippen LogP contribution is 2.38. The minimum Gasteiger partial charge on any atom is -0.493 e. The predicted molar refractivity (Wildman–Crippen MR) is 199 cm³/mol. The Morgan fingerprint density at radius 1 is 1.04 bits per heavy atom. The van der Waals surface area contributed by atoms with E-state index < -0.39 is 12.0 Å². The molecule has 1 atom stereocenters. The van der Waals surface area contributed by atoms with Crippen molar-refractivity contribution in [3.8, 4) is 11.5 Å². The molecule has 0 aliphatic carbocycles. The molecule has 0 bridgehead atoms. The number of halogens is 1. The van der Waals surface area contributed by atoms with Crippen molar-refractivity contribution in [1.29, 1.82) is 0 Å². The molecule has 0 amide bonds. The van der Waals surface area contributed by atoms with Crippen LogP contribution in [0, 0.1) is 0 Å². The lowest BCUT2D eigenvalue weighted by Gasteiger charge is -2.26. The molecule has 0 unspecified atom stereocenters. The lowest BCUT2D eigenvalue weighted by atomic mass is 9.92. The first-order valence-electron chi connectivity index (χ1n) is 16.5. The standard InChI is InChI=1S/C40H39BrN2O5S/c1-6-11-32-35(39(45)47-7-2)36(28-18-16-26(17-19-28)24(3)4)43-38(44)34(49-40(43)42-32)22-25-20-31(41)37(33(21-25)46-5)48-23-29-14-10-13-27-12-8-9-15-30(27)29/h8-10,12-22,24,36H,6-7,11,23H2,1-5H3/b34-22-/t36-/m0/s1. The molecule has 0 fully saturated rings. The molecule has 0 saturated heterocycles. The molecule has 4 aromatic carbocycles. The lowest BCUT2D eigenvalue weighted by Crippen LogP contribution is -2.40. The highest BCUT2D eigenvalue weighted by atomic mass is 79.9. The Morgan fingerprint density at radius 3 is 2.51 bits per heavy atom. The summed E-state index contributed by atoms with van der Waals surface area (Å²) in [4.78, 5) is 33.2. The highest BCUT2D eigenvalue weighted by molar-refractivity contribution is 9.10. The van der Waals surface area contributed by atoms with Gasteiger partial charge in [0.2, 0.25) is 0 Å². The van der Waals surface area contributed by atoms with Crippen molar-refractivity contribution in [1.82, 2.24) is 4.57 Å². The maximum absolute atomic E-state index is 14.3. The van der Waals surface area contributed by atoms with Crippen molar-refractivity contribution >= 4 is 50.1 Å². The molecule has 0 radical (unpaired) electrons. The van der Waals surface area contributed by atoms with E-state index in [-0.39, 0.29) is 12.2 Å². The molecule has 0 N–H and O–H groups in total. The van der Waals surface area contributed by atoms with Gasteiger partial charge in [0.15, 0.2) is 16.3 Å². The molecule has 6 rings (SSSR count). The van der Waals surface area contributed by atoms with E-state index in [1.807, 2.05) is 55.5 Å². The van der Waals surface area contributed by atoms with Gasteiger partial charge in [0.05, 0.1) is 40.0 Å². The fourth-order valence-corrected chi connectivity index (χ4v) is 7.78. The molecule has 9 heteroatoms. The monoisotopic (exact) mass is 738 g/mol. The number of hydrogen-bond donors (Lipinski definition) is 0. The summed E-state index contributed by atoms with van der Waals surface area (Å²) in [6.07, 6.45) is 3.21. The number of esters is 1. The minimum atomic E-state index is -0.661. The van der Waals surface area contributed by atoms with E-state index in [1.54, 1.807) is 18.6 Å². The van der Waals surface area contributed by atoms with Crippen LogP contribution in [0.1, 0.15) is 74.8 Å². The Kier molecular flexibility index (Phi) is 10.5. The van der Waals surface area contributed by atoms with Gasteiger partial charge in [-0.1, -0.05) is 105 Å². The van der Waals surface area contributed by atoms with E-state index in [9.17, 15) is 9.59 Å². The zero-order valence-electron chi connectivity index (χ0n) is 28.3. The zero-order chi connectivity index (χ0) is 34.7. The molecular formula is C40H39BrN2O5S. The van der Waals surface area contributed by atoms with Crippen molar-refractivity contribution in [3.05, 3.63) is 137 Å². The van der Waals surface area contributed by atoms with Gasteiger partial charge < -0.3 is 14.2 Å². The summed E-state index contributed by atoms with van der Waals surface area (Å²) in [5.74, 6) is 1.00. The van der Waals surface area contributed by atoms with E-state index in [4.69, 9.17) is 19.2 Å². The summed E-state index contributed by atoms with van der Waals surface area (Å²) in [5.41, 5.74) is 4.67. The second-order valence-electron chi connectivity index (χ2n) is 12.2. The van der Waals surface area contributed by atoms with Crippen molar-refractivity contribution in [2.45, 2.75) is 59.1 Å². The Bertz CT molecular complexity index is 2230. The van der Waals surface area contributed by atoms with Crippen molar-refractivity contribution in [2.24, 2.45) is 4.99 Å². The molecule has 252 valence electrons. The van der Waals surface area contributed by atoms with E-state index in [2.05, 4.69) is 66.2 Å². The number of methoxy groups -OCH3 is 1. The summed E-state index contributed by atoms with van der Waals surface area (Å²) >= 11 is 5.00. The third-order valence-electron chi connectivity index (χ3n) is 8.61. The van der Waals surface area contributed by atoms with Crippen molar-refractivity contribution in [2.75, 3.05) is 13.7 Å². The third-order valence-corrected chi connectivity index (χ3v) is 10.2. The van der Waals surface area contributed by atoms with Crippen molar-refractivity contribution < 1.29 is 19.0 Å². The van der Waals surface area contributed by atoms with E-state index in [0.717, 1.165) is 33.9 Å². The minimum absolute atomic E-state index is 0.226. The fourth-order valence-electron chi connectivity index (χ4n) is 6.18. The maximum atomic E-state index is 14.3. The van der Waals surface area contributed by atoms with Gasteiger partial charge >= 0.3 is 5.97 Å². The van der Waals surface area contributed by atoms with Crippen molar-refractivity contribution in [3.63, 3.8) is 0 Å². The van der Waals surface area contributed by atoms with Crippen LogP contribution < -0.4 is 24.4 Å². The Labute approximate surface area is 298 Å². The van der Waals surface area contributed by atoms with Crippen LogP contribution >= 0.6 is 27.3 Å². The SMILES string of the molecule is CCCC1=C(C(=O)OCC)[C@H](c2ccc(C(C)C)cc2)n2c(s/c(=C\c3cc(Br)c(OCc4cccc5ccccc45)c(OC)c3)c2=O)=N1. The van der Waals surface area contributed by atoms with E-state index in [0.29, 0.717) is 55.5 Å². The number of ether oxygens (including phenoxy) is 3. The van der Waals surface area contributed by atoms with Crippen LogP contribution in [0.25, 0.3) is 16.8 Å². The number of benzene rings is 4. The Morgan fingerprint density at radius 2 is 1.80 bits per heavy atom.